The fourth-order valence-electron chi connectivity index (χ4n) is 2.75. The summed E-state index contributed by atoms with van der Waals surface area (Å²) in [5.74, 6) is -1.70. The summed E-state index contributed by atoms with van der Waals surface area (Å²) in [5.41, 5.74) is 0.393. The minimum absolute atomic E-state index is 0.0215. The first-order chi connectivity index (χ1) is 11.2. The predicted octanol–water partition coefficient (Wildman–Crippen LogP) is 1.98. The Kier molecular flexibility index (Phi) is 4.32. The monoisotopic (exact) mass is 312 g/mol. The van der Waals surface area contributed by atoms with E-state index in [2.05, 4.69) is 4.98 Å². The van der Waals surface area contributed by atoms with Gasteiger partial charge in [0.25, 0.3) is 11.7 Å². The molecule has 0 saturated carbocycles. The molecule has 0 N–H and O–H groups in total. The van der Waals surface area contributed by atoms with Gasteiger partial charge in [-0.05, 0) is 37.1 Å². The first-order valence-electron chi connectivity index (χ1n) is 7.49. The molecule has 1 atom stereocenters. The Morgan fingerprint density at radius 3 is 2.74 bits per heavy atom. The molecule has 3 rings (SSSR count). The standard InChI is InChI=1S/C17H16N2O4/c20-15(13-6-1-2-8-18-13)12-5-3-9-19(11-12)17(22)16(21)14-7-4-10-23-14/h1-2,4,6-8,10,12H,3,5,9,11H2/t12-/m1/s1. The maximum atomic E-state index is 12.5. The second-order valence-electron chi connectivity index (χ2n) is 5.48. The van der Waals surface area contributed by atoms with Gasteiger partial charge in [-0.3, -0.25) is 19.4 Å². The maximum Gasteiger partial charge on any atom is 0.298 e. The van der Waals surface area contributed by atoms with Gasteiger partial charge in [0.1, 0.15) is 5.69 Å². The molecule has 0 unspecified atom stereocenters. The van der Waals surface area contributed by atoms with Gasteiger partial charge in [-0.15, -0.1) is 0 Å². The van der Waals surface area contributed by atoms with Crippen molar-refractivity contribution in [3.8, 4) is 0 Å². The molecular weight excluding hydrogens is 296 g/mol. The van der Waals surface area contributed by atoms with Crippen LogP contribution in [0.1, 0.15) is 33.9 Å². The van der Waals surface area contributed by atoms with Crippen molar-refractivity contribution in [2.75, 3.05) is 13.1 Å². The van der Waals surface area contributed by atoms with Crippen LogP contribution in [-0.2, 0) is 4.79 Å². The second kappa shape index (κ2) is 6.56. The summed E-state index contributed by atoms with van der Waals surface area (Å²) in [7, 11) is 0. The Morgan fingerprint density at radius 1 is 1.17 bits per heavy atom. The molecule has 0 aliphatic carbocycles. The quantitative estimate of drug-likeness (QED) is 0.637. The first kappa shape index (κ1) is 15.1. The number of nitrogens with zero attached hydrogens (tertiary/aromatic N) is 2. The third kappa shape index (κ3) is 3.21. The largest absolute Gasteiger partial charge is 0.461 e. The van der Waals surface area contributed by atoms with E-state index in [0.29, 0.717) is 25.1 Å². The van der Waals surface area contributed by atoms with Gasteiger partial charge in [0.15, 0.2) is 11.5 Å². The van der Waals surface area contributed by atoms with Gasteiger partial charge < -0.3 is 9.32 Å². The summed E-state index contributed by atoms with van der Waals surface area (Å²) in [6.45, 7) is 0.706. The number of pyridine rings is 1. The first-order valence-corrected chi connectivity index (χ1v) is 7.49. The van der Waals surface area contributed by atoms with Crippen LogP contribution in [0.25, 0.3) is 0 Å². The van der Waals surface area contributed by atoms with Gasteiger partial charge in [-0.1, -0.05) is 6.07 Å². The number of rotatable bonds is 4. The van der Waals surface area contributed by atoms with Crippen LogP contribution in [0.3, 0.4) is 0 Å². The number of aromatic nitrogens is 1. The fourth-order valence-corrected chi connectivity index (χ4v) is 2.75. The molecule has 0 radical (unpaired) electrons. The van der Waals surface area contributed by atoms with Crippen molar-refractivity contribution in [1.29, 1.82) is 0 Å². The third-order valence-electron chi connectivity index (χ3n) is 3.94. The van der Waals surface area contributed by atoms with Crippen molar-refractivity contribution in [1.82, 2.24) is 9.88 Å². The fraction of sp³-hybridized carbons (Fsp3) is 0.294. The molecule has 0 bridgehead atoms. The molecular formula is C17H16N2O4. The van der Waals surface area contributed by atoms with E-state index in [4.69, 9.17) is 4.42 Å². The van der Waals surface area contributed by atoms with Gasteiger partial charge in [-0.25, -0.2) is 0 Å². The molecule has 0 aromatic carbocycles. The molecule has 6 nitrogen and oxygen atoms in total. The molecule has 0 spiro atoms. The average Bonchev–Trinajstić information content (AvgIpc) is 3.15. The number of Topliss-reactive ketones (excluding diaryl/α,β-unsaturated/α-hetero) is 2. The van der Waals surface area contributed by atoms with E-state index in [1.165, 1.54) is 17.2 Å². The van der Waals surface area contributed by atoms with E-state index in [0.717, 1.165) is 0 Å². The highest BCUT2D eigenvalue weighted by atomic mass is 16.3. The highest BCUT2D eigenvalue weighted by Gasteiger charge is 2.33. The van der Waals surface area contributed by atoms with E-state index in [1.807, 2.05) is 0 Å². The summed E-state index contributed by atoms with van der Waals surface area (Å²) in [5, 5.41) is 0. The number of piperidine rings is 1. The summed E-state index contributed by atoms with van der Waals surface area (Å²) in [6, 6.07) is 8.18. The van der Waals surface area contributed by atoms with Crippen molar-refractivity contribution < 1.29 is 18.8 Å². The van der Waals surface area contributed by atoms with Gasteiger partial charge in [0.05, 0.1) is 6.26 Å². The number of furan rings is 1. The van der Waals surface area contributed by atoms with E-state index >= 15 is 0 Å². The zero-order chi connectivity index (χ0) is 16.2. The molecule has 2 aromatic heterocycles. The summed E-state index contributed by atoms with van der Waals surface area (Å²) in [4.78, 5) is 42.3. The number of hydrogen-bond donors (Lipinski definition) is 0. The summed E-state index contributed by atoms with van der Waals surface area (Å²) < 4.78 is 4.98. The number of ketones is 2. The van der Waals surface area contributed by atoms with Crippen LogP contribution in [-0.4, -0.2) is 40.4 Å². The lowest BCUT2D eigenvalue weighted by Gasteiger charge is -2.31. The van der Waals surface area contributed by atoms with Crippen LogP contribution in [0.4, 0.5) is 0 Å². The zero-order valence-corrected chi connectivity index (χ0v) is 12.5. The number of likely N-dealkylation sites (tertiary alicyclic amines) is 1. The Morgan fingerprint density at radius 2 is 2.04 bits per heavy atom. The van der Waals surface area contributed by atoms with Crippen molar-refractivity contribution in [3.05, 3.63) is 54.2 Å². The molecule has 1 aliphatic rings. The van der Waals surface area contributed by atoms with Crippen LogP contribution in [0.2, 0.25) is 0 Å². The zero-order valence-electron chi connectivity index (χ0n) is 12.5. The van der Waals surface area contributed by atoms with Crippen LogP contribution >= 0.6 is 0 Å². The van der Waals surface area contributed by atoms with E-state index in [1.54, 1.807) is 30.5 Å². The highest BCUT2D eigenvalue weighted by Crippen LogP contribution is 2.21. The molecule has 1 saturated heterocycles. The molecule has 3 heterocycles. The number of carbonyl (C=O) groups excluding carboxylic acids is 3. The molecule has 118 valence electrons. The van der Waals surface area contributed by atoms with Gasteiger partial charge in [0, 0.05) is 25.2 Å². The number of hydrogen-bond acceptors (Lipinski definition) is 5. The minimum Gasteiger partial charge on any atom is -0.461 e. The predicted molar refractivity (Wildman–Crippen MR) is 80.9 cm³/mol. The molecule has 1 amide bonds. The Bertz CT molecular complexity index is 709. The molecule has 1 aliphatic heterocycles. The summed E-state index contributed by atoms with van der Waals surface area (Å²) in [6.07, 6.45) is 4.29. The second-order valence-corrected chi connectivity index (χ2v) is 5.48. The van der Waals surface area contributed by atoms with Crippen molar-refractivity contribution in [2.45, 2.75) is 12.8 Å². The lowest BCUT2D eigenvalue weighted by molar-refractivity contribution is -0.127. The topological polar surface area (TPSA) is 80.5 Å². The van der Waals surface area contributed by atoms with Crippen molar-refractivity contribution >= 4 is 17.5 Å². The van der Waals surface area contributed by atoms with Crippen LogP contribution < -0.4 is 0 Å². The number of amides is 1. The lowest BCUT2D eigenvalue weighted by atomic mass is 9.91. The van der Waals surface area contributed by atoms with Gasteiger partial charge in [0.2, 0.25) is 0 Å². The van der Waals surface area contributed by atoms with E-state index in [9.17, 15) is 14.4 Å². The molecule has 23 heavy (non-hydrogen) atoms. The van der Waals surface area contributed by atoms with E-state index < -0.39 is 11.7 Å². The van der Waals surface area contributed by atoms with Crippen LogP contribution in [0.15, 0.2) is 47.2 Å². The van der Waals surface area contributed by atoms with Crippen molar-refractivity contribution in [3.63, 3.8) is 0 Å². The van der Waals surface area contributed by atoms with Gasteiger partial charge >= 0.3 is 0 Å². The van der Waals surface area contributed by atoms with Crippen LogP contribution in [0, 0.1) is 5.92 Å². The molecule has 6 heteroatoms. The minimum atomic E-state index is -0.680. The summed E-state index contributed by atoms with van der Waals surface area (Å²) >= 11 is 0. The average molecular weight is 312 g/mol. The van der Waals surface area contributed by atoms with Crippen LogP contribution in [0.5, 0.6) is 0 Å². The molecule has 2 aromatic rings. The molecule has 1 fully saturated rings. The normalized spacial score (nSPS) is 17.7. The van der Waals surface area contributed by atoms with Gasteiger partial charge in [-0.2, -0.15) is 0 Å². The third-order valence-corrected chi connectivity index (χ3v) is 3.94. The smallest absolute Gasteiger partial charge is 0.298 e. The SMILES string of the molecule is O=C(C(=O)N1CCC[C@@H](C(=O)c2ccccn2)C1)c1ccco1. The van der Waals surface area contributed by atoms with Crippen molar-refractivity contribution in [2.24, 2.45) is 5.92 Å². The Hall–Kier alpha value is -2.76. The maximum absolute atomic E-state index is 12.5. The lowest BCUT2D eigenvalue weighted by Crippen LogP contribution is -2.45. The van der Waals surface area contributed by atoms with E-state index in [-0.39, 0.29) is 24.0 Å². The number of carbonyl (C=O) groups is 3. The highest BCUT2D eigenvalue weighted by molar-refractivity contribution is 6.41. The Labute approximate surface area is 133 Å². The Balaban J connectivity index is 1.70.